The van der Waals surface area contributed by atoms with Crippen LogP contribution in [0.2, 0.25) is 0 Å². The van der Waals surface area contributed by atoms with Crippen molar-refractivity contribution in [3.05, 3.63) is 80.9 Å². The molecule has 4 rings (SSSR count). The van der Waals surface area contributed by atoms with Crippen LogP contribution in [0.5, 0.6) is 17.2 Å². The van der Waals surface area contributed by atoms with E-state index in [1.807, 2.05) is 0 Å². The lowest BCUT2D eigenvalue weighted by molar-refractivity contribution is 0.102. The molecule has 4 aromatic rings. The Hall–Kier alpha value is -3.78. The first-order chi connectivity index (χ1) is 15.4. The maximum atomic E-state index is 12.7. The third-order valence-corrected chi connectivity index (χ3v) is 5.40. The van der Waals surface area contributed by atoms with Crippen LogP contribution in [0.4, 0.5) is 5.69 Å². The Morgan fingerprint density at radius 3 is 2.31 bits per heavy atom. The van der Waals surface area contributed by atoms with Gasteiger partial charge in [0, 0.05) is 33.4 Å². The lowest BCUT2D eigenvalue weighted by Crippen LogP contribution is -2.11. The number of hydrogen-bond acceptors (Lipinski definition) is 6. The molecule has 0 fully saturated rings. The lowest BCUT2D eigenvalue weighted by atomic mass is 10.1. The molecule has 0 saturated heterocycles. The molecule has 0 aliphatic heterocycles. The monoisotopic (exact) mass is 495 g/mol. The molecule has 0 radical (unpaired) electrons. The third kappa shape index (κ3) is 4.04. The summed E-state index contributed by atoms with van der Waals surface area (Å²) < 4.78 is 17.1. The molecule has 2 N–H and O–H groups in total. The summed E-state index contributed by atoms with van der Waals surface area (Å²) >= 11 is 3.34. The molecule has 3 aromatic carbocycles. The van der Waals surface area contributed by atoms with Gasteiger partial charge >= 0.3 is 0 Å². The minimum absolute atomic E-state index is 0.00443. The van der Waals surface area contributed by atoms with Crippen LogP contribution in [-0.2, 0) is 0 Å². The summed E-state index contributed by atoms with van der Waals surface area (Å²) in [6.07, 6.45) is 0. The van der Waals surface area contributed by atoms with Crippen molar-refractivity contribution >= 4 is 38.5 Å². The fraction of sp³-hybridized carbons (Fsp3) is 0.0833. The number of phenols is 1. The highest BCUT2D eigenvalue weighted by Gasteiger charge is 2.19. The average molecular weight is 496 g/mol. The standard InChI is InChI=1S/C24H18BrNO6/c1-30-20-12-19-21(22(28)23(20)31-2)17(27)11-18(32-19)13-5-9-16(10-6-13)26-24(29)14-3-7-15(25)8-4-14/h3-12,28H,1-2H3,(H,26,29). The highest BCUT2D eigenvalue weighted by molar-refractivity contribution is 9.10. The number of phenolic OH excluding ortho intramolecular Hbond substituents is 1. The second-order valence-electron chi connectivity index (χ2n) is 6.85. The zero-order valence-corrected chi connectivity index (χ0v) is 18.7. The largest absolute Gasteiger partial charge is 0.504 e. The average Bonchev–Trinajstić information content (AvgIpc) is 2.79. The number of ether oxygens (including phenoxy) is 2. The molecule has 0 saturated carbocycles. The molecule has 1 heterocycles. The summed E-state index contributed by atoms with van der Waals surface area (Å²) in [6, 6.07) is 16.7. The fourth-order valence-corrected chi connectivity index (χ4v) is 3.54. The van der Waals surface area contributed by atoms with Gasteiger partial charge in [-0.15, -0.1) is 0 Å². The van der Waals surface area contributed by atoms with Gasteiger partial charge in [0.25, 0.3) is 5.91 Å². The molecular formula is C24H18BrNO6. The summed E-state index contributed by atoms with van der Waals surface area (Å²) in [5.41, 5.74) is 1.48. The number of hydrogen-bond donors (Lipinski definition) is 2. The van der Waals surface area contributed by atoms with Gasteiger partial charge < -0.3 is 24.3 Å². The van der Waals surface area contributed by atoms with Crippen LogP contribution >= 0.6 is 15.9 Å². The van der Waals surface area contributed by atoms with E-state index in [4.69, 9.17) is 13.9 Å². The van der Waals surface area contributed by atoms with Crippen molar-refractivity contribution in [2.24, 2.45) is 0 Å². The van der Waals surface area contributed by atoms with E-state index in [0.29, 0.717) is 22.6 Å². The molecule has 162 valence electrons. The minimum atomic E-state index is -0.424. The number of rotatable bonds is 5. The van der Waals surface area contributed by atoms with Crippen LogP contribution in [0, 0.1) is 0 Å². The van der Waals surface area contributed by atoms with Crippen LogP contribution in [0.3, 0.4) is 0 Å². The van der Waals surface area contributed by atoms with E-state index in [-0.39, 0.29) is 34.1 Å². The van der Waals surface area contributed by atoms with Gasteiger partial charge in [0.1, 0.15) is 16.7 Å². The quantitative estimate of drug-likeness (QED) is 0.394. The lowest BCUT2D eigenvalue weighted by Gasteiger charge is -2.12. The first-order valence-electron chi connectivity index (χ1n) is 9.50. The molecule has 1 amide bonds. The van der Waals surface area contributed by atoms with Gasteiger partial charge in [-0.2, -0.15) is 0 Å². The smallest absolute Gasteiger partial charge is 0.255 e. The van der Waals surface area contributed by atoms with Crippen molar-refractivity contribution in [3.63, 3.8) is 0 Å². The maximum absolute atomic E-state index is 12.7. The van der Waals surface area contributed by atoms with Crippen molar-refractivity contribution in [1.29, 1.82) is 0 Å². The summed E-state index contributed by atoms with van der Waals surface area (Å²) in [5.74, 6) is 0.0294. The van der Waals surface area contributed by atoms with Gasteiger partial charge in [-0.05, 0) is 48.5 Å². The van der Waals surface area contributed by atoms with Crippen molar-refractivity contribution in [1.82, 2.24) is 0 Å². The number of nitrogens with one attached hydrogen (secondary N) is 1. The first kappa shape index (κ1) is 21.5. The Morgan fingerprint density at radius 1 is 1.00 bits per heavy atom. The summed E-state index contributed by atoms with van der Waals surface area (Å²) in [6.45, 7) is 0. The van der Waals surface area contributed by atoms with Crippen LogP contribution in [0.25, 0.3) is 22.3 Å². The number of carbonyl (C=O) groups is 1. The Balaban J connectivity index is 1.65. The van der Waals surface area contributed by atoms with Crippen molar-refractivity contribution < 1.29 is 23.8 Å². The van der Waals surface area contributed by atoms with Crippen molar-refractivity contribution in [2.75, 3.05) is 19.5 Å². The Labute approximate surface area is 191 Å². The van der Waals surface area contributed by atoms with E-state index in [1.54, 1.807) is 48.5 Å². The molecule has 7 nitrogen and oxygen atoms in total. The van der Waals surface area contributed by atoms with Crippen LogP contribution in [0.1, 0.15) is 10.4 Å². The molecule has 1 aromatic heterocycles. The zero-order chi connectivity index (χ0) is 22.8. The molecular weight excluding hydrogens is 478 g/mol. The minimum Gasteiger partial charge on any atom is -0.504 e. The number of carbonyl (C=O) groups excluding carboxylic acids is 1. The van der Waals surface area contributed by atoms with E-state index in [1.165, 1.54) is 26.4 Å². The highest BCUT2D eigenvalue weighted by atomic mass is 79.9. The van der Waals surface area contributed by atoms with Gasteiger partial charge in [-0.25, -0.2) is 0 Å². The molecule has 0 atom stereocenters. The molecule has 0 bridgehead atoms. The Kier molecular flexibility index (Phi) is 5.87. The molecule has 0 aliphatic rings. The second-order valence-corrected chi connectivity index (χ2v) is 7.76. The van der Waals surface area contributed by atoms with Crippen molar-refractivity contribution in [2.45, 2.75) is 0 Å². The van der Waals surface area contributed by atoms with E-state index < -0.39 is 5.43 Å². The molecule has 0 spiro atoms. The first-order valence-corrected chi connectivity index (χ1v) is 10.3. The zero-order valence-electron chi connectivity index (χ0n) is 17.1. The second kappa shape index (κ2) is 8.76. The van der Waals surface area contributed by atoms with Crippen molar-refractivity contribution in [3.8, 4) is 28.6 Å². The normalized spacial score (nSPS) is 10.7. The van der Waals surface area contributed by atoms with Crippen LogP contribution < -0.4 is 20.2 Å². The van der Waals surface area contributed by atoms with E-state index in [0.717, 1.165) is 4.47 Å². The number of fused-ring (bicyclic) bond motifs is 1. The summed E-state index contributed by atoms with van der Waals surface area (Å²) in [4.78, 5) is 25.1. The summed E-state index contributed by atoms with van der Waals surface area (Å²) in [5, 5.41) is 13.3. The predicted octanol–water partition coefficient (Wildman–Crippen LogP) is 5.20. The number of halogens is 1. The molecule has 0 aliphatic carbocycles. The topological polar surface area (TPSA) is 98.0 Å². The Morgan fingerprint density at radius 2 is 1.69 bits per heavy atom. The number of methoxy groups -OCH3 is 2. The number of amides is 1. The van der Waals surface area contributed by atoms with Gasteiger partial charge in [0.2, 0.25) is 5.75 Å². The fourth-order valence-electron chi connectivity index (χ4n) is 3.27. The molecule has 8 heteroatoms. The van der Waals surface area contributed by atoms with Crippen LogP contribution in [0.15, 0.2) is 74.3 Å². The Bertz CT molecular complexity index is 1360. The van der Waals surface area contributed by atoms with Gasteiger partial charge in [-0.3, -0.25) is 9.59 Å². The van der Waals surface area contributed by atoms with Gasteiger partial charge in [0.15, 0.2) is 16.9 Å². The SMILES string of the molecule is COc1cc2oc(-c3ccc(NC(=O)c4ccc(Br)cc4)cc3)cc(=O)c2c(O)c1OC. The van der Waals surface area contributed by atoms with E-state index in [2.05, 4.69) is 21.2 Å². The predicted molar refractivity (Wildman–Crippen MR) is 125 cm³/mol. The molecule has 32 heavy (non-hydrogen) atoms. The van der Waals surface area contributed by atoms with E-state index in [9.17, 15) is 14.7 Å². The summed E-state index contributed by atoms with van der Waals surface area (Å²) in [7, 11) is 2.79. The highest BCUT2D eigenvalue weighted by Crippen LogP contribution is 2.42. The molecule has 0 unspecified atom stereocenters. The van der Waals surface area contributed by atoms with Gasteiger partial charge in [-0.1, -0.05) is 15.9 Å². The maximum Gasteiger partial charge on any atom is 0.255 e. The van der Waals surface area contributed by atoms with Gasteiger partial charge in [0.05, 0.1) is 14.2 Å². The number of anilines is 1. The van der Waals surface area contributed by atoms with E-state index >= 15 is 0 Å². The number of aromatic hydroxyl groups is 1. The van der Waals surface area contributed by atoms with Crippen LogP contribution in [-0.4, -0.2) is 25.2 Å². The number of benzene rings is 3. The third-order valence-electron chi connectivity index (χ3n) is 4.87.